The van der Waals surface area contributed by atoms with Crippen LogP contribution in [0.15, 0.2) is 27.8 Å². The number of primary amides is 1. The fraction of sp³-hybridized carbons (Fsp3) is 0.111. The van der Waals surface area contributed by atoms with Crippen LogP contribution >= 0.6 is 11.8 Å². The highest BCUT2D eigenvalue weighted by atomic mass is 32.2. The van der Waals surface area contributed by atoms with Crippen LogP contribution in [0.25, 0.3) is 11.1 Å². The quantitative estimate of drug-likeness (QED) is 0.597. The van der Waals surface area contributed by atoms with Crippen molar-refractivity contribution in [1.29, 1.82) is 0 Å². The summed E-state index contributed by atoms with van der Waals surface area (Å²) < 4.78 is 5.36. The van der Waals surface area contributed by atoms with Gasteiger partial charge in [0.25, 0.3) is 5.22 Å². The van der Waals surface area contributed by atoms with Crippen molar-refractivity contribution in [2.75, 3.05) is 11.5 Å². The molecule has 5 nitrogen and oxygen atoms in total. The molecule has 0 saturated carbocycles. The van der Waals surface area contributed by atoms with Gasteiger partial charge in [-0.2, -0.15) is 0 Å². The van der Waals surface area contributed by atoms with Crippen molar-refractivity contribution in [1.82, 2.24) is 4.98 Å². The van der Waals surface area contributed by atoms with E-state index in [1.807, 2.05) is 0 Å². The van der Waals surface area contributed by atoms with Gasteiger partial charge in [-0.25, -0.2) is 4.98 Å². The molecule has 2 rings (SSSR count). The zero-order valence-electron chi connectivity index (χ0n) is 7.77. The molecule has 2 aromatic rings. The summed E-state index contributed by atoms with van der Waals surface area (Å²) in [6.45, 7) is 0. The van der Waals surface area contributed by atoms with Gasteiger partial charge in [0, 0.05) is 11.8 Å². The molecule has 1 aromatic carbocycles. The summed E-state index contributed by atoms with van der Waals surface area (Å²) in [7, 11) is 0. The number of nitrogen functional groups attached to an aromatic ring is 1. The Kier molecular flexibility index (Phi) is 2.51. The summed E-state index contributed by atoms with van der Waals surface area (Å²) >= 11 is 1.17. The number of rotatable bonds is 3. The fourth-order valence-electron chi connectivity index (χ4n) is 1.11. The Labute approximate surface area is 89.8 Å². The number of carbonyl (C=O) groups excluding carboxylic acids is 1. The SMILES string of the molecule is NC(=O)CSc1nc2ccc(N)cc2o1. The monoisotopic (exact) mass is 223 g/mol. The number of amides is 1. The van der Waals surface area contributed by atoms with E-state index in [1.165, 1.54) is 11.8 Å². The van der Waals surface area contributed by atoms with Gasteiger partial charge in [0.05, 0.1) is 5.75 Å². The number of oxazole rings is 1. The van der Waals surface area contributed by atoms with E-state index in [9.17, 15) is 4.79 Å². The van der Waals surface area contributed by atoms with Crippen LogP contribution in [0.1, 0.15) is 0 Å². The van der Waals surface area contributed by atoms with Crippen molar-refractivity contribution in [3.63, 3.8) is 0 Å². The molecular formula is C9H9N3O2S. The summed E-state index contributed by atoms with van der Waals surface area (Å²) in [6.07, 6.45) is 0. The second-order valence-electron chi connectivity index (χ2n) is 2.96. The third kappa shape index (κ3) is 2.21. The number of nitrogens with zero attached hydrogens (tertiary/aromatic N) is 1. The Morgan fingerprint density at radius 1 is 1.53 bits per heavy atom. The van der Waals surface area contributed by atoms with Crippen LogP contribution in [0, 0.1) is 0 Å². The van der Waals surface area contributed by atoms with Crippen molar-refractivity contribution in [3.05, 3.63) is 18.2 Å². The Morgan fingerprint density at radius 3 is 3.07 bits per heavy atom. The van der Waals surface area contributed by atoms with E-state index >= 15 is 0 Å². The topological polar surface area (TPSA) is 95.1 Å². The lowest BCUT2D eigenvalue weighted by Crippen LogP contribution is -2.12. The van der Waals surface area contributed by atoms with Crippen LogP contribution in [0.4, 0.5) is 5.69 Å². The summed E-state index contributed by atoms with van der Waals surface area (Å²) in [5.74, 6) is -0.246. The van der Waals surface area contributed by atoms with E-state index in [1.54, 1.807) is 18.2 Å². The van der Waals surface area contributed by atoms with Crippen molar-refractivity contribution < 1.29 is 9.21 Å². The first-order valence-electron chi connectivity index (χ1n) is 4.22. The van der Waals surface area contributed by atoms with E-state index in [-0.39, 0.29) is 5.75 Å². The molecule has 0 spiro atoms. The van der Waals surface area contributed by atoms with E-state index < -0.39 is 5.91 Å². The molecule has 0 unspecified atom stereocenters. The molecular weight excluding hydrogens is 214 g/mol. The predicted molar refractivity (Wildman–Crippen MR) is 58.3 cm³/mol. The van der Waals surface area contributed by atoms with Crippen LogP contribution in [-0.4, -0.2) is 16.6 Å². The average molecular weight is 223 g/mol. The smallest absolute Gasteiger partial charge is 0.257 e. The number of hydrogen-bond acceptors (Lipinski definition) is 5. The number of anilines is 1. The molecule has 0 bridgehead atoms. The third-order valence-electron chi connectivity index (χ3n) is 1.73. The van der Waals surface area contributed by atoms with Crippen molar-refractivity contribution >= 4 is 34.5 Å². The summed E-state index contributed by atoms with van der Waals surface area (Å²) in [5, 5.41) is 0.425. The molecule has 1 aromatic heterocycles. The summed E-state index contributed by atoms with van der Waals surface area (Å²) in [6, 6.07) is 5.20. The van der Waals surface area contributed by atoms with E-state index in [0.29, 0.717) is 16.5 Å². The lowest BCUT2D eigenvalue weighted by Gasteiger charge is -1.89. The minimum Gasteiger partial charge on any atom is -0.431 e. The minimum absolute atomic E-state index is 0.155. The normalized spacial score (nSPS) is 10.7. The van der Waals surface area contributed by atoms with Gasteiger partial charge in [0.15, 0.2) is 5.58 Å². The highest BCUT2D eigenvalue weighted by molar-refractivity contribution is 7.99. The number of fused-ring (bicyclic) bond motifs is 1. The van der Waals surface area contributed by atoms with Gasteiger partial charge < -0.3 is 15.9 Å². The van der Waals surface area contributed by atoms with E-state index in [0.717, 1.165) is 5.52 Å². The first-order chi connectivity index (χ1) is 7.15. The molecule has 0 saturated heterocycles. The van der Waals surface area contributed by atoms with Gasteiger partial charge in [0.2, 0.25) is 5.91 Å². The first-order valence-corrected chi connectivity index (χ1v) is 5.21. The molecule has 6 heteroatoms. The lowest BCUT2D eigenvalue weighted by atomic mass is 10.3. The maximum absolute atomic E-state index is 10.6. The van der Waals surface area contributed by atoms with Gasteiger partial charge in [0.1, 0.15) is 5.52 Å². The number of aromatic nitrogens is 1. The molecule has 0 radical (unpaired) electrons. The predicted octanol–water partition coefficient (Wildman–Crippen LogP) is 0.987. The molecule has 0 atom stereocenters. The van der Waals surface area contributed by atoms with E-state index in [4.69, 9.17) is 15.9 Å². The Hall–Kier alpha value is -1.69. The Balaban J connectivity index is 2.27. The number of thioether (sulfide) groups is 1. The second-order valence-corrected chi connectivity index (χ2v) is 3.89. The highest BCUT2D eigenvalue weighted by Gasteiger charge is 2.07. The standard InChI is InChI=1S/C9H9N3O2S/c10-5-1-2-6-7(3-5)14-9(12-6)15-4-8(11)13/h1-3H,4,10H2,(H2,11,13). The van der Waals surface area contributed by atoms with Crippen LogP contribution in [0.2, 0.25) is 0 Å². The van der Waals surface area contributed by atoms with Gasteiger partial charge in [-0.05, 0) is 12.1 Å². The zero-order valence-corrected chi connectivity index (χ0v) is 8.58. The highest BCUT2D eigenvalue weighted by Crippen LogP contribution is 2.24. The Morgan fingerprint density at radius 2 is 2.33 bits per heavy atom. The molecule has 4 N–H and O–H groups in total. The molecule has 15 heavy (non-hydrogen) atoms. The van der Waals surface area contributed by atoms with Gasteiger partial charge >= 0.3 is 0 Å². The average Bonchev–Trinajstić information content (AvgIpc) is 2.56. The third-order valence-corrected chi connectivity index (χ3v) is 2.58. The minimum atomic E-state index is -0.401. The first kappa shape index (κ1) is 9.85. The van der Waals surface area contributed by atoms with Crippen molar-refractivity contribution in [2.45, 2.75) is 5.22 Å². The zero-order chi connectivity index (χ0) is 10.8. The maximum Gasteiger partial charge on any atom is 0.257 e. The number of nitrogens with two attached hydrogens (primary N) is 2. The Bertz CT molecular complexity index is 509. The largest absolute Gasteiger partial charge is 0.431 e. The van der Waals surface area contributed by atoms with Crippen molar-refractivity contribution in [3.8, 4) is 0 Å². The number of hydrogen-bond donors (Lipinski definition) is 2. The maximum atomic E-state index is 10.6. The lowest BCUT2D eigenvalue weighted by molar-refractivity contribution is -0.115. The fourth-order valence-corrected chi connectivity index (χ4v) is 1.69. The summed E-state index contributed by atoms with van der Waals surface area (Å²) in [5.41, 5.74) is 12.5. The van der Waals surface area contributed by atoms with Crippen LogP contribution in [0.3, 0.4) is 0 Å². The van der Waals surface area contributed by atoms with Crippen LogP contribution < -0.4 is 11.5 Å². The molecule has 0 aliphatic carbocycles. The van der Waals surface area contributed by atoms with Crippen molar-refractivity contribution in [2.24, 2.45) is 5.73 Å². The summed E-state index contributed by atoms with van der Waals surface area (Å²) in [4.78, 5) is 14.7. The molecule has 0 fully saturated rings. The molecule has 78 valence electrons. The van der Waals surface area contributed by atoms with Gasteiger partial charge in [-0.15, -0.1) is 0 Å². The van der Waals surface area contributed by atoms with E-state index in [2.05, 4.69) is 4.98 Å². The second kappa shape index (κ2) is 3.82. The molecule has 0 aliphatic heterocycles. The van der Waals surface area contributed by atoms with Crippen LogP contribution in [-0.2, 0) is 4.79 Å². The van der Waals surface area contributed by atoms with Gasteiger partial charge in [-0.3, -0.25) is 4.79 Å². The van der Waals surface area contributed by atoms with Crippen LogP contribution in [0.5, 0.6) is 0 Å². The number of benzene rings is 1. The van der Waals surface area contributed by atoms with Gasteiger partial charge in [-0.1, -0.05) is 11.8 Å². The number of carbonyl (C=O) groups is 1. The molecule has 1 amide bonds. The molecule has 0 aliphatic rings. The molecule has 1 heterocycles.